The molecule has 1 aromatic heterocycles. The predicted molar refractivity (Wildman–Crippen MR) is 75.3 cm³/mol. The summed E-state index contributed by atoms with van der Waals surface area (Å²) < 4.78 is 23.7. The molecule has 21 heavy (non-hydrogen) atoms. The monoisotopic (exact) mass is 311 g/mol. The molecule has 1 heterocycles. The Morgan fingerprint density at radius 2 is 2.24 bits per heavy atom. The molecular formula is C13H14FN3O3S. The highest BCUT2D eigenvalue weighted by Gasteiger charge is 2.13. The van der Waals surface area contributed by atoms with Crippen LogP contribution in [0.5, 0.6) is 0 Å². The highest BCUT2D eigenvalue weighted by Crippen LogP contribution is 2.24. The molecule has 1 N–H and O–H groups in total. The summed E-state index contributed by atoms with van der Waals surface area (Å²) in [4.78, 5) is 11.5. The van der Waals surface area contributed by atoms with Crippen molar-refractivity contribution in [1.82, 2.24) is 15.5 Å². The van der Waals surface area contributed by atoms with Gasteiger partial charge in [0.15, 0.2) is 0 Å². The van der Waals surface area contributed by atoms with Crippen molar-refractivity contribution >= 4 is 17.7 Å². The van der Waals surface area contributed by atoms with Crippen molar-refractivity contribution < 1.29 is 18.3 Å². The van der Waals surface area contributed by atoms with Crippen molar-refractivity contribution in [3.63, 3.8) is 0 Å². The molecule has 8 heteroatoms. The van der Waals surface area contributed by atoms with Crippen LogP contribution in [-0.2, 0) is 9.53 Å². The second kappa shape index (κ2) is 7.75. The van der Waals surface area contributed by atoms with Gasteiger partial charge in [0.25, 0.3) is 11.1 Å². The van der Waals surface area contributed by atoms with Crippen LogP contribution >= 0.6 is 11.8 Å². The zero-order valence-electron chi connectivity index (χ0n) is 11.3. The van der Waals surface area contributed by atoms with E-state index in [2.05, 4.69) is 15.5 Å². The lowest BCUT2D eigenvalue weighted by Gasteiger charge is -2.02. The van der Waals surface area contributed by atoms with Gasteiger partial charge in [-0.3, -0.25) is 4.79 Å². The SMILES string of the molecule is COCCNC(=O)CSc1nnc(-c2ccccc2F)o1. The van der Waals surface area contributed by atoms with Gasteiger partial charge in [-0.2, -0.15) is 0 Å². The first-order chi connectivity index (χ1) is 10.2. The molecule has 0 radical (unpaired) electrons. The van der Waals surface area contributed by atoms with Crippen LogP contribution in [-0.4, -0.2) is 42.1 Å². The Morgan fingerprint density at radius 1 is 1.43 bits per heavy atom. The van der Waals surface area contributed by atoms with Crippen molar-refractivity contribution in [3.8, 4) is 11.5 Å². The Hall–Kier alpha value is -1.93. The number of thioether (sulfide) groups is 1. The molecule has 0 fully saturated rings. The van der Waals surface area contributed by atoms with Gasteiger partial charge in [-0.25, -0.2) is 4.39 Å². The molecule has 0 saturated heterocycles. The Bertz CT molecular complexity index is 606. The topological polar surface area (TPSA) is 77.2 Å². The van der Waals surface area contributed by atoms with Gasteiger partial charge >= 0.3 is 0 Å². The van der Waals surface area contributed by atoms with E-state index in [9.17, 15) is 9.18 Å². The number of nitrogens with zero attached hydrogens (tertiary/aromatic N) is 2. The van der Waals surface area contributed by atoms with E-state index in [-0.39, 0.29) is 28.3 Å². The van der Waals surface area contributed by atoms with E-state index in [1.165, 1.54) is 6.07 Å². The molecular weight excluding hydrogens is 297 g/mol. The van der Waals surface area contributed by atoms with E-state index in [0.29, 0.717) is 13.2 Å². The van der Waals surface area contributed by atoms with Crippen molar-refractivity contribution in [2.45, 2.75) is 5.22 Å². The van der Waals surface area contributed by atoms with Gasteiger partial charge in [-0.05, 0) is 12.1 Å². The number of ether oxygens (including phenoxy) is 1. The number of halogens is 1. The fraction of sp³-hybridized carbons (Fsp3) is 0.308. The fourth-order valence-corrected chi connectivity index (χ4v) is 2.08. The van der Waals surface area contributed by atoms with Crippen LogP contribution in [0.3, 0.4) is 0 Å². The van der Waals surface area contributed by atoms with Crippen molar-refractivity contribution in [2.75, 3.05) is 26.0 Å². The Kier molecular flexibility index (Phi) is 5.70. The first kappa shape index (κ1) is 15.5. The number of aromatic nitrogens is 2. The molecule has 0 saturated carbocycles. The van der Waals surface area contributed by atoms with Gasteiger partial charge in [0.1, 0.15) is 5.82 Å². The lowest BCUT2D eigenvalue weighted by atomic mass is 10.2. The second-order valence-electron chi connectivity index (χ2n) is 3.98. The van der Waals surface area contributed by atoms with Crippen LogP contribution in [0.2, 0.25) is 0 Å². The van der Waals surface area contributed by atoms with Crippen LogP contribution in [0, 0.1) is 5.82 Å². The van der Waals surface area contributed by atoms with Gasteiger partial charge in [-0.1, -0.05) is 23.9 Å². The smallest absolute Gasteiger partial charge is 0.277 e. The Labute approximate surface area is 125 Å². The summed E-state index contributed by atoms with van der Waals surface area (Å²) in [5, 5.41) is 10.4. The van der Waals surface area contributed by atoms with Crippen LogP contribution in [0.15, 0.2) is 33.9 Å². The number of methoxy groups -OCH3 is 1. The molecule has 0 atom stereocenters. The normalized spacial score (nSPS) is 10.6. The summed E-state index contributed by atoms with van der Waals surface area (Å²) in [5.74, 6) is -0.365. The molecule has 0 unspecified atom stereocenters. The summed E-state index contributed by atoms with van der Waals surface area (Å²) in [6, 6.07) is 6.12. The molecule has 0 bridgehead atoms. The summed E-state index contributed by atoms with van der Waals surface area (Å²) in [6.45, 7) is 0.897. The number of nitrogens with one attached hydrogen (secondary N) is 1. The third-order valence-corrected chi connectivity index (χ3v) is 3.28. The molecule has 112 valence electrons. The van der Waals surface area contributed by atoms with Gasteiger partial charge in [0.05, 0.1) is 17.9 Å². The van der Waals surface area contributed by atoms with E-state index >= 15 is 0 Å². The molecule has 6 nitrogen and oxygen atoms in total. The minimum atomic E-state index is -0.435. The van der Waals surface area contributed by atoms with E-state index in [4.69, 9.17) is 9.15 Å². The predicted octanol–water partition coefficient (Wildman–Crippen LogP) is 1.73. The molecule has 0 aliphatic rings. The number of amides is 1. The first-order valence-corrected chi connectivity index (χ1v) is 7.16. The number of rotatable bonds is 7. The number of carbonyl (C=O) groups excluding carboxylic acids is 1. The summed E-state index contributed by atoms with van der Waals surface area (Å²) in [7, 11) is 1.56. The lowest BCUT2D eigenvalue weighted by Crippen LogP contribution is -2.28. The van der Waals surface area contributed by atoms with E-state index in [0.717, 1.165) is 11.8 Å². The zero-order chi connectivity index (χ0) is 15.1. The largest absolute Gasteiger partial charge is 0.411 e. The quantitative estimate of drug-likeness (QED) is 0.620. The Balaban J connectivity index is 1.89. The average Bonchev–Trinajstić information content (AvgIpc) is 2.94. The summed E-state index contributed by atoms with van der Waals surface area (Å²) >= 11 is 1.09. The van der Waals surface area contributed by atoms with E-state index in [1.54, 1.807) is 25.3 Å². The standard InChI is InChI=1S/C13H14FN3O3S/c1-19-7-6-15-11(18)8-21-13-17-16-12(20-13)9-4-2-3-5-10(9)14/h2-5H,6-8H2,1H3,(H,15,18). The van der Waals surface area contributed by atoms with Crippen LogP contribution < -0.4 is 5.32 Å². The third-order valence-electron chi connectivity index (χ3n) is 2.47. The second-order valence-corrected chi connectivity index (χ2v) is 4.91. The molecule has 0 spiro atoms. The van der Waals surface area contributed by atoms with Crippen molar-refractivity contribution in [3.05, 3.63) is 30.1 Å². The molecule has 0 aliphatic carbocycles. The third kappa shape index (κ3) is 4.54. The summed E-state index contributed by atoms with van der Waals surface area (Å²) in [6.07, 6.45) is 0. The summed E-state index contributed by atoms with van der Waals surface area (Å²) in [5.41, 5.74) is 0.237. The number of carbonyl (C=O) groups is 1. The van der Waals surface area contributed by atoms with E-state index in [1.807, 2.05) is 0 Å². The first-order valence-electron chi connectivity index (χ1n) is 6.17. The highest BCUT2D eigenvalue weighted by molar-refractivity contribution is 7.99. The van der Waals surface area contributed by atoms with Gasteiger partial charge in [-0.15, -0.1) is 10.2 Å². The van der Waals surface area contributed by atoms with Crippen molar-refractivity contribution in [1.29, 1.82) is 0 Å². The average molecular weight is 311 g/mol. The zero-order valence-corrected chi connectivity index (χ0v) is 12.2. The van der Waals surface area contributed by atoms with E-state index < -0.39 is 5.82 Å². The Morgan fingerprint density at radius 3 is 3.00 bits per heavy atom. The molecule has 0 aliphatic heterocycles. The minimum absolute atomic E-state index is 0.0930. The number of hydrogen-bond acceptors (Lipinski definition) is 6. The number of benzene rings is 1. The van der Waals surface area contributed by atoms with Gasteiger partial charge in [0.2, 0.25) is 5.91 Å². The van der Waals surface area contributed by atoms with Crippen LogP contribution in [0.25, 0.3) is 11.5 Å². The maximum Gasteiger partial charge on any atom is 0.277 e. The number of hydrogen-bond donors (Lipinski definition) is 1. The molecule has 1 aromatic carbocycles. The lowest BCUT2D eigenvalue weighted by molar-refractivity contribution is -0.118. The van der Waals surface area contributed by atoms with Crippen LogP contribution in [0.1, 0.15) is 0 Å². The molecule has 1 amide bonds. The van der Waals surface area contributed by atoms with Crippen molar-refractivity contribution in [2.24, 2.45) is 0 Å². The van der Waals surface area contributed by atoms with Gasteiger partial charge in [0, 0.05) is 13.7 Å². The molecule has 2 rings (SSSR count). The van der Waals surface area contributed by atoms with Gasteiger partial charge < -0.3 is 14.5 Å². The maximum absolute atomic E-state index is 13.6. The molecule has 2 aromatic rings. The maximum atomic E-state index is 13.6. The highest BCUT2D eigenvalue weighted by atomic mass is 32.2. The fourth-order valence-electron chi connectivity index (χ4n) is 1.48. The van der Waals surface area contributed by atoms with Crippen LogP contribution in [0.4, 0.5) is 4.39 Å². The minimum Gasteiger partial charge on any atom is -0.411 e.